The fraction of sp³-hybridized carbons (Fsp3) is 0.312. The molecule has 0 saturated carbocycles. The summed E-state index contributed by atoms with van der Waals surface area (Å²) in [6.45, 7) is 1.39. The lowest BCUT2D eigenvalue weighted by atomic mass is 10.1. The summed E-state index contributed by atoms with van der Waals surface area (Å²) in [5.41, 5.74) is 7.81. The van der Waals surface area contributed by atoms with Gasteiger partial charge in [0.25, 0.3) is 11.8 Å². The average molecular weight is 382 g/mol. The van der Waals surface area contributed by atoms with Crippen LogP contribution < -0.4 is 25.8 Å². The zero-order valence-electron chi connectivity index (χ0n) is 14.3. The van der Waals surface area contributed by atoms with Crippen molar-refractivity contribution < 1.29 is 19.1 Å². The summed E-state index contributed by atoms with van der Waals surface area (Å²) in [7, 11) is 2.91. The van der Waals surface area contributed by atoms with Crippen molar-refractivity contribution in [3.63, 3.8) is 0 Å². The molecule has 5 N–H and O–H groups in total. The van der Waals surface area contributed by atoms with E-state index in [-0.39, 0.29) is 29.4 Å². The highest BCUT2D eigenvalue weighted by Crippen LogP contribution is 2.33. The number of hydrogen-bond donors (Lipinski definition) is 4. The maximum Gasteiger partial charge on any atom is 0.276 e. The third-order valence-corrected chi connectivity index (χ3v) is 4.06. The molecule has 1 aliphatic rings. The Morgan fingerprint density at radius 2 is 1.92 bits per heavy atom. The number of nitrogens with two attached hydrogens (primary N) is 1. The van der Waals surface area contributed by atoms with Crippen LogP contribution in [-0.4, -0.2) is 42.8 Å². The number of amides is 2. The molecule has 0 atom stereocenters. The largest absolute Gasteiger partial charge is 0.493 e. The van der Waals surface area contributed by atoms with Crippen molar-refractivity contribution in [2.45, 2.75) is 13.0 Å². The molecule has 2 heterocycles. The Balaban J connectivity index is 0.00000243. The highest BCUT2D eigenvalue weighted by atomic mass is 35.5. The molecule has 9 nitrogen and oxygen atoms in total. The van der Waals surface area contributed by atoms with Crippen molar-refractivity contribution in [3.05, 3.63) is 34.6 Å². The Morgan fingerprint density at radius 1 is 1.23 bits per heavy atom. The van der Waals surface area contributed by atoms with Crippen LogP contribution in [0.2, 0.25) is 0 Å². The Kier molecular flexibility index (Phi) is 6.06. The Bertz CT molecular complexity index is 836. The predicted octanol–water partition coefficient (Wildman–Crippen LogP) is 0.846. The normalized spacial score (nSPS) is 12.5. The number of H-pyrrole nitrogens is 1. The van der Waals surface area contributed by atoms with Crippen molar-refractivity contribution in [2.24, 2.45) is 5.73 Å². The molecule has 0 fully saturated rings. The minimum Gasteiger partial charge on any atom is -0.493 e. The molecule has 0 spiro atoms. The fourth-order valence-corrected chi connectivity index (χ4v) is 2.78. The van der Waals surface area contributed by atoms with Gasteiger partial charge in [0, 0.05) is 36.8 Å². The van der Waals surface area contributed by atoms with E-state index in [9.17, 15) is 9.59 Å². The number of nitrogens with zero attached hydrogens (tertiary/aromatic N) is 1. The van der Waals surface area contributed by atoms with E-state index in [1.807, 2.05) is 0 Å². The minimum absolute atomic E-state index is 0. The Hall–Kier alpha value is -2.78. The number of primary amides is 1. The van der Waals surface area contributed by atoms with E-state index < -0.39 is 11.8 Å². The quantitative estimate of drug-likeness (QED) is 0.607. The van der Waals surface area contributed by atoms with Crippen molar-refractivity contribution >= 4 is 29.9 Å². The highest BCUT2D eigenvalue weighted by Gasteiger charge is 2.23. The van der Waals surface area contributed by atoms with Crippen molar-refractivity contribution in [1.29, 1.82) is 0 Å². The second-order valence-corrected chi connectivity index (χ2v) is 5.53. The van der Waals surface area contributed by atoms with Gasteiger partial charge in [-0.1, -0.05) is 0 Å². The van der Waals surface area contributed by atoms with Gasteiger partial charge in [-0.15, -0.1) is 12.4 Å². The van der Waals surface area contributed by atoms with Gasteiger partial charge in [-0.3, -0.25) is 14.7 Å². The maximum absolute atomic E-state index is 12.6. The second kappa shape index (κ2) is 8.07. The van der Waals surface area contributed by atoms with Crippen LogP contribution in [0.1, 0.15) is 32.1 Å². The molecular weight excluding hydrogens is 362 g/mol. The molecule has 2 aromatic rings. The summed E-state index contributed by atoms with van der Waals surface area (Å²) in [6.07, 6.45) is 0.776. The molecular formula is C16H20ClN5O4. The number of nitrogens with one attached hydrogen (secondary N) is 3. The van der Waals surface area contributed by atoms with Gasteiger partial charge < -0.3 is 25.8 Å². The number of rotatable bonds is 5. The lowest BCUT2D eigenvalue weighted by molar-refractivity contribution is 0.100. The first-order valence-electron chi connectivity index (χ1n) is 7.69. The van der Waals surface area contributed by atoms with E-state index in [1.165, 1.54) is 26.4 Å². The molecule has 0 bridgehead atoms. The average Bonchev–Trinajstić information content (AvgIpc) is 3.05. The molecule has 0 aliphatic carbocycles. The number of fused-ring (bicyclic) bond motifs is 1. The van der Waals surface area contributed by atoms with Crippen molar-refractivity contribution in [3.8, 4) is 11.5 Å². The molecule has 1 aliphatic heterocycles. The topological polar surface area (TPSA) is 131 Å². The molecule has 0 unspecified atom stereocenters. The summed E-state index contributed by atoms with van der Waals surface area (Å²) >= 11 is 0. The highest BCUT2D eigenvalue weighted by molar-refractivity contribution is 6.09. The summed E-state index contributed by atoms with van der Waals surface area (Å²) in [5.74, 6) is -0.415. The first kappa shape index (κ1) is 19.5. The lowest BCUT2D eigenvalue weighted by Crippen LogP contribution is -2.26. The monoisotopic (exact) mass is 381 g/mol. The van der Waals surface area contributed by atoms with Gasteiger partial charge in [0.1, 0.15) is 0 Å². The van der Waals surface area contributed by atoms with Crippen LogP contribution in [0.5, 0.6) is 11.5 Å². The van der Waals surface area contributed by atoms with E-state index in [2.05, 4.69) is 20.8 Å². The number of aromatic amines is 1. The molecule has 140 valence electrons. The van der Waals surface area contributed by atoms with Crippen LogP contribution in [0.15, 0.2) is 12.1 Å². The number of anilines is 1. The van der Waals surface area contributed by atoms with Gasteiger partial charge in [0.05, 0.1) is 25.5 Å². The summed E-state index contributed by atoms with van der Waals surface area (Å²) < 4.78 is 10.4. The van der Waals surface area contributed by atoms with E-state index in [4.69, 9.17) is 15.2 Å². The number of carbonyl (C=O) groups is 2. The van der Waals surface area contributed by atoms with Crippen LogP contribution in [0.25, 0.3) is 0 Å². The molecule has 3 rings (SSSR count). The molecule has 1 aromatic heterocycles. The van der Waals surface area contributed by atoms with Crippen molar-refractivity contribution in [1.82, 2.24) is 15.5 Å². The summed E-state index contributed by atoms with van der Waals surface area (Å²) in [5, 5.41) is 12.9. The van der Waals surface area contributed by atoms with Gasteiger partial charge in [-0.25, -0.2) is 0 Å². The van der Waals surface area contributed by atoms with E-state index in [0.717, 1.165) is 24.2 Å². The smallest absolute Gasteiger partial charge is 0.276 e. The van der Waals surface area contributed by atoms with Gasteiger partial charge in [0.15, 0.2) is 17.2 Å². The lowest BCUT2D eigenvalue weighted by Gasteiger charge is -2.15. The number of hydrogen-bond acceptors (Lipinski definition) is 6. The Morgan fingerprint density at radius 3 is 2.58 bits per heavy atom. The maximum atomic E-state index is 12.6. The van der Waals surface area contributed by atoms with Crippen LogP contribution in [0.3, 0.4) is 0 Å². The van der Waals surface area contributed by atoms with Crippen LogP contribution in [0.4, 0.5) is 5.69 Å². The number of aromatic nitrogens is 2. The molecule has 0 saturated heterocycles. The molecule has 26 heavy (non-hydrogen) atoms. The molecule has 1 aromatic carbocycles. The first-order valence-corrected chi connectivity index (χ1v) is 7.69. The van der Waals surface area contributed by atoms with Gasteiger partial charge in [-0.2, -0.15) is 5.10 Å². The molecule has 0 radical (unpaired) electrons. The van der Waals surface area contributed by atoms with Gasteiger partial charge in [-0.05, 0) is 6.07 Å². The number of carbonyl (C=O) groups excluding carboxylic acids is 2. The summed E-state index contributed by atoms with van der Waals surface area (Å²) in [6, 6.07) is 2.92. The third-order valence-electron chi connectivity index (χ3n) is 4.06. The summed E-state index contributed by atoms with van der Waals surface area (Å²) in [4.78, 5) is 24.4. The van der Waals surface area contributed by atoms with Crippen LogP contribution >= 0.6 is 12.4 Å². The second-order valence-electron chi connectivity index (χ2n) is 5.53. The zero-order chi connectivity index (χ0) is 18.0. The van der Waals surface area contributed by atoms with E-state index >= 15 is 0 Å². The van der Waals surface area contributed by atoms with E-state index in [0.29, 0.717) is 18.0 Å². The number of methoxy groups -OCH3 is 2. The van der Waals surface area contributed by atoms with E-state index in [1.54, 1.807) is 0 Å². The molecule has 2 amide bonds. The number of benzene rings is 1. The minimum atomic E-state index is -0.693. The number of ether oxygens (including phenoxy) is 2. The predicted molar refractivity (Wildman–Crippen MR) is 97.3 cm³/mol. The Labute approximate surface area is 156 Å². The van der Waals surface area contributed by atoms with Gasteiger partial charge >= 0.3 is 0 Å². The zero-order valence-corrected chi connectivity index (χ0v) is 15.2. The third kappa shape index (κ3) is 3.58. The van der Waals surface area contributed by atoms with Crippen molar-refractivity contribution in [2.75, 3.05) is 26.1 Å². The molecule has 10 heteroatoms. The first-order chi connectivity index (χ1) is 12.0. The SMILES string of the molecule is COc1cc(NC(=O)c2n[nH]c3c2CNCC3)c(C(N)=O)cc1OC.Cl. The van der Waals surface area contributed by atoms with Crippen LogP contribution in [-0.2, 0) is 13.0 Å². The fourth-order valence-electron chi connectivity index (χ4n) is 2.78. The van der Waals surface area contributed by atoms with Crippen LogP contribution in [0, 0.1) is 0 Å². The number of halogens is 1. The van der Waals surface area contributed by atoms with Gasteiger partial charge in [0.2, 0.25) is 0 Å². The standard InChI is InChI=1S/C16H19N5O4.ClH/c1-24-12-5-8(15(17)22)11(6-13(12)25-2)19-16(23)14-9-7-18-4-3-10(9)20-21-14;/h5-6,18H,3-4,7H2,1-2H3,(H2,17,22)(H,19,23)(H,20,21);1H.